The van der Waals surface area contributed by atoms with Crippen molar-refractivity contribution < 1.29 is 17.6 Å². The first-order chi connectivity index (χ1) is 13.4. The molecule has 3 rings (SSSR count). The molecule has 1 amide bonds. The summed E-state index contributed by atoms with van der Waals surface area (Å²) in [4.78, 5) is 16.6. The molecule has 1 aliphatic rings. The van der Waals surface area contributed by atoms with Crippen LogP contribution in [0.15, 0.2) is 59.5 Å². The fourth-order valence-corrected chi connectivity index (χ4v) is 4.68. The Bertz CT molecular complexity index is 893. The summed E-state index contributed by atoms with van der Waals surface area (Å²) in [5.41, 5.74) is 1.28. The number of halogens is 1. The molecule has 1 saturated heterocycles. The van der Waals surface area contributed by atoms with E-state index >= 15 is 0 Å². The van der Waals surface area contributed by atoms with Gasteiger partial charge in [0.05, 0.1) is 4.90 Å². The Labute approximate surface area is 165 Å². The first kappa shape index (κ1) is 20.5. The summed E-state index contributed by atoms with van der Waals surface area (Å²) in [7, 11) is -3.84. The molecule has 0 bridgehead atoms. The van der Waals surface area contributed by atoms with Gasteiger partial charge in [-0.05, 0) is 43.2 Å². The van der Waals surface area contributed by atoms with Gasteiger partial charge >= 0.3 is 0 Å². The Morgan fingerprint density at radius 2 is 1.61 bits per heavy atom. The molecule has 1 fully saturated rings. The maximum Gasteiger partial charge on any atom is 0.241 e. The largest absolute Gasteiger partial charge is 0.339 e. The topological polar surface area (TPSA) is 57.7 Å². The van der Waals surface area contributed by atoms with Crippen LogP contribution in [0, 0.1) is 5.82 Å². The normalized spacial score (nSPS) is 16.7. The highest BCUT2D eigenvalue weighted by molar-refractivity contribution is 7.92. The lowest BCUT2D eigenvalue weighted by atomic mass is 10.1. The molecule has 150 valence electrons. The Hall–Kier alpha value is -2.25. The highest BCUT2D eigenvalue weighted by Crippen LogP contribution is 2.19. The summed E-state index contributed by atoms with van der Waals surface area (Å²) in [6, 6.07) is 14.8. The van der Waals surface area contributed by atoms with E-state index in [0.717, 1.165) is 38.2 Å². The molecule has 0 spiro atoms. The third-order valence-corrected chi connectivity index (χ3v) is 7.26. The SMILES string of the molecule is CC(C(=O)N1CCN(CCc2ccccc2)CC1)S(=O)(=O)c1ccc(F)cc1. The van der Waals surface area contributed by atoms with Gasteiger partial charge in [-0.15, -0.1) is 0 Å². The van der Waals surface area contributed by atoms with Gasteiger partial charge in [-0.2, -0.15) is 0 Å². The van der Waals surface area contributed by atoms with Crippen LogP contribution in [0.5, 0.6) is 0 Å². The van der Waals surface area contributed by atoms with Crippen molar-refractivity contribution in [3.63, 3.8) is 0 Å². The summed E-state index contributed by atoms with van der Waals surface area (Å²) in [6.45, 7) is 4.79. The zero-order chi connectivity index (χ0) is 20.1. The average Bonchev–Trinajstić information content (AvgIpc) is 2.72. The number of amides is 1. The molecule has 2 aromatic rings. The van der Waals surface area contributed by atoms with E-state index in [9.17, 15) is 17.6 Å². The molecule has 1 heterocycles. The van der Waals surface area contributed by atoms with Gasteiger partial charge < -0.3 is 4.90 Å². The van der Waals surface area contributed by atoms with E-state index in [0.29, 0.717) is 13.1 Å². The van der Waals surface area contributed by atoms with Gasteiger partial charge in [-0.3, -0.25) is 9.69 Å². The fraction of sp³-hybridized carbons (Fsp3) is 0.381. The van der Waals surface area contributed by atoms with Crippen molar-refractivity contribution in [1.82, 2.24) is 9.80 Å². The van der Waals surface area contributed by atoms with Crippen LogP contribution in [0.1, 0.15) is 12.5 Å². The van der Waals surface area contributed by atoms with Crippen LogP contribution in [0.4, 0.5) is 4.39 Å². The monoisotopic (exact) mass is 404 g/mol. The number of carbonyl (C=O) groups is 1. The van der Waals surface area contributed by atoms with Crippen molar-refractivity contribution in [1.29, 1.82) is 0 Å². The first-order valence-corrected chi connectivity index (χ1v) is 11.0. The molecule has 5 nitrogen and oxygen atoms in total. The van der Waals surface area contributed by atoms with E-state index in [1.807, 2.05) is 18.2 Å². The van der Waals surface area contributed by atoms with Crippen molar-refractivity contribution in [3.8, 4) is 0 Å². The van der Waals surface area contributed by atoms with Crippen LogP contribution >= 0.6 is 0 Å². The van der Waals surface area contributed by atoms with Crippen LogP contribution in [0.25, 0.3) is 0 Å². The first-order valence-electron chi connectivity index (χ1n) is 9.42. The van der Waals surface area contributed by atoms with Crippen molar-refractivity contribution in [3.05, 3.63) is 66.0 Å². The number of carbonyl (C=O) groups excluding carboxylic acids is 1. The molecule has 0 aliphatic carbocycles. The average molecular weight is 405 g/mol. The van der Waals surface area contributed by atoms with E-state index in [1.54, 1.807) is 4.90 Å². The van der Waals surface area contributed by atoms with Gasteiger partial charge in [-0.25, -0.2) is 12.8 Å². The van der Waals surface area contributed by atoms with E-state index in [4.69, 9.17) is 0 Å². The van der Waals surface area contributed by atoms with Gasteiger partial charge in [-0.1, -0.05) is 30.3 Å². The minimum atomic E-state index is -3.84. The van der Waals surface area contributed by atoms with Crippen molar-refractivity contribution in [2.75, 3.05) is 32.7 Å². The van der Waals surface area contributed by atoms with E-state index in [1.165, 1.54) is 24.6 Å². The molecule has 1 aliphatic heterocycles. The Balaban J connectivity index is 1.54. The maximum absolute atomic E-state index is 13.1. The number of nitrogens with zero attached hydrogens (tertiary/aromatic N) is 2. The zero-order valence-electron chi connectivity index (χ0n) is 15.9. The molecular weight excluding hydrogens is 379 g/mol. The molecule has 0 aromatic heterocycles. The lowest BCUT2D eigenvalue weighted by Crippen LogP contribution is -2.52. The summed E-state index contributed by atoms with van der Waals surface area (Å²) >= 11 is 0. The third-order valence-electron chi connectivity index (χ3n) is 5.20. The maximum atomic E-state index is 13.1. The van der Waals surface area contributed by atoms with E-state index in [2.05, 4.69) is 17.0 Å². The Morgan fingerprint density at radius 3 is 2.21 bits per heavy atom. The van der Waals surface area contributed by atoms with Gasteiger partial charge in [0.1, 0.15) is 11.1 Å². The summed E-state index contributed by atoms with van der Waals surface area (Å²) in [5.74, 6) is -0.906. The second kappa shape index (κ2) is 8.84. The van der Waals surface area contributed by atoms with Crippen LogP contribution in [-0.4, -0.2) is 62.1 Å². The molecule has 0 radical (unpaired) electrons. The number of benzene rings is 2. The van der Waals surface area contributed by atoms with Gasteiger partial charge in [0.25, 0.3) is 0 Å². The number of hydrogen-bond acceptors (Lipinski definition) is 4. The predicted molar refractivity (Wildman–Crippen MR) is 106 cm³/mol. The van der Waals surface area contributed by atoms with Gasteiger partial charge in [0.2, 0.25) is 5.91 Å². The number of sulfone groups is 1. The molecule has 2 aromatic carbocycles. The highest BCUT2D eigenvalue weighted by Gasteiger charge is 2.34. The summed E-state index contributed by atoms with van der Waals surface area (Å²) in [6.07, 6.45) is 0.949. The number of rotatable bonds is 6. The minimum Gasteiger partial charge on any atom is -0.339 e. The van der Waals surface area contributed by atoms with Crippen molar-refractivity contribution in [2.45, 2.75) is 23.5 Å². The lowest BCUT2D eigenvalue weighted by molar-refractivity contribution is -0.132. The van der Waals surface area contributed by atoms with Crippen LogP contribution < -0.4 is 0 Å². The van der Waals surface area contributed by atoms with Crippen LogP contribution in [0.3, 0.4) is 0 Å². The second-order valence-corrected chi connectivity index (χ2v) is 9.31. The third kappa shape index (κ3) is 4.77. The Morgan fingerprint density at radius 1 is 1.00 bits per heavy atom. The quantitative estimate of drug-likeness (QED) is 0.694. The van der Waals surface area contributed by atoms with Crippen molar-refractivity contribution in [2.24, 2.45) is 0 Å². The summed E-state index contributed by atoms with van der Waals surface area (Å²) in [5, 5.41) is -1.19. The summed E-state index contributed by atoms with van der Waals surface area (Å²) < 4.78 is 38.4. The molecule has 1 unspecified atom stereocenters. The van der Waals surface area contributed by atoms with E-state index < -0.39 is 26.8 Å². The number of piperazine rings is 1. The second-order valence-electron chi connectivity index (χ2n) is 7.04. The van der Waals surface area contributed by atoms with Gasteiger partial charge in [0.15, 0.2) is 9.84 Å². The van der Waals surface area contributed by atoms with E-state index in [-0.39, 0.29) is 4.90 Å². The molecule has 28 heavy (non-hydrogen) atoms. The number of hydrogen-bond donors (Lipinski definition) is 0. The molecular formula is C21H25FN2O3S. The van der Waals surface area contributed by atoms with Gasteiger partial charge in [0, 0.05) is 32.7 Å². The predicted octanol–water partition coefficient (Wildman–Crippen LogP) is 2.37. The van der Waals surface area contributed by atoms with Crippen LogP contribution in [0.2, 0.25) is 0 Å². The fourth-order valence-electron chi connectivity index (χ4n) is 3.34. The molecule has 1 atom stereocenters. The highest BCUT2D eigenvalue weighted by atomic mass is 32.2. The zero-order valence-corrected chi connectivity index (χ0v) is 16.7. The molecule has 0 N–H and O–H groups in total. The standard InChI is InChI=1S/C21H25FN2O3S/c1-17(28(26,27)20-9-7-19(22)8-10-20)21(25)24-15-13-23(14-16-24)12-11-18-5-3-2-4-6-18/h2-10,17H,11-16H2,1H3. The van der Waals surface area contributed by atoms with Crippen LogP contribution in [-0.2, 0) is 21.1 Å². The van der Waals surface area contributed by atoms with Crippen molar-refractivity contribution >= 4 is 15.7 Å². The minimum absolute atomic E-state index is 0.0313. The molecule has 0 saturated carbocycles. The lowest BCUT2D eigenvalue weighted by Gasteiger charge is -2.35. The smallest absolute Gasteiger partial charge is 0.241 e. The Kier molecular flexibility index (Phi) is 6.46. The molecule has 7 heteroatoms.